The number of halogens is 1. The second kappa shape index (κ2) is 6.93. The molecule has 0 spiro atoms. The Morgan fingerprint density at radius 2 is 2.04 bits per heavy atom. The number of aliphatic carboxylic acids is 1. The Kier molecular flexibility index (Phi) is 4.71. The van der Waals surface area contributed by atoms with Gasteiger partial charge in [0.05, 0.1) is 0 Å². The highest BCUT2D eigenvalue weighted by Crippen LogP contribution is 2.31. The van der Waals surface area contributed by atoms with E-state index in [1.165, 1.54) is 0 Å². The molecule has 0 fully saturated rings. The Bertz CT molecular complexity index is 857. The number of fused-ring (bicyclic) bond motifs is 1. The van der Waals surface area contributed by atoms with Gasteiger partial charge in [-0.3, -0.25) is 0 Å². The average Bonchev–Trinajstić information content (AvgIpc) is 2.98. The summed E-state index contributed by atoms with van der Waals surface area (Å²) in [5.41, 5.74) is 2.14. The number of hydrogen-bond donors (Lipinski definition) is 1. The van der Waals surface area contributed by atoms with Gasteiger partial charge in [0.2, 0.25) is 0 Å². The van der Waals surface area contributed by atoms with E-state index in [1.54, 1.807) is 24.3 Å². The Labute approximate surface area is 143 Å². The van der Waals surface area contributed by atoms with Crippen molar-refractivity contribution in [3.05, 3.63) is 47.5 Å². The zero-order valence-corrected chi connectivity index (χ0v) is 13.8. The Morgan fingerprint density at radius 3 is 2.71 bits per heavy atom. The van der Waals surface area contributed by atoms with Gasteiger partial charge in [0.25, 0.3) is 0 Å². The van der Waals surface area contributed by atoms with Gasteiger partial charge in [-0.05, 0) is 30.7 Å². The van der Waals surface area contributed by atoms with E-state index in [9.17, 15) is 9.90 Å². The van der Waals surface area contributed by atoms with Gasteiger partial charge in [0.15, 0.2) is 11.7 Å². The lowest BCUT2D eigenvalue weighted by molar-refractivity contribution is -0.145. The van der Waals surface area contributed by atoms with Gasteiger partial charge >= 0.3 is 5.97 Å². The maximum atomic E-state index is 11.2. The number of aromatic nitrogens is 1. The van der Waals surface area contributed by atoms with Crippen molar-refractivity contribution in [2.24, 2.45) is 0 Å². The number of carboxylic acid groups (broad SMARTS) is 1. The summed E-state index contributed by atoms with van der Waals surface area (Å²) in [6.45, 7) is 1.91. The van der Waals surface area contributed by atoms with Gasteiger partial charge in [0, 0.05) is 22.0 Å². The van der Waals surface area contributed by atoms with Crippen LogP contribution in [0.1, 0.15) is 19.8 Å². The van der Waals surface area contributed by atoms with Crippen LogP contribution in [0.2, 0.25) is 5.02 Å². The molecule has 0 amide bonds. The summed E-state index contributed by atoms with van der Waals surface area (Å²) in [7, 11) is 0. The first-order valence-corrected chi connectivity index (χ1v) is 8.01. The predicted octanol–water partition coefficient (Wildman–Crippen LogP) is 4.78. The minimum absolute atomic E-state index is 0.444. The van der Waals surface area contributed by atoms with Crippen molar-refractivity contribution < 1.29 is 19.2 Å². The zero-order chi connectivity index (χ0) is 17.1. The molecule has 5 nitrogen and oxygen atoms in total. The van der Waals surface area contributed by atoms with Crippen molar-refractivity contribution in [2.45, 2.75) is 25.9 Å². The largest absolute Gasteiger partial charge is 0.479 e. The molecule has 0 aliphatic heterocycles. The summed E-state index contributed by atoms with van der Waals surface area (Å²) in [5.74, 6) is -0.529. The molecule has 0 saturated heterocycles. The fraction of sp³-hybridized carbons (Fsp3) is 0.222. The van der Waals surface area contributed by atoms with Crippen LogP contribution in [-0.4, -0.2) is 22.3 Å². The maximum Gasteiger partial charge on any atom is 0.344 e. The monoisotopic (exact) mass is 345 g/mol. The number of nitrogens with zero attached hydrogens (tertiary/aromatic N) is 1. The molecule has 24 heavy (non-hydrogen) atoms. The predicted molar refractivity (Wildman–Crippen MR) is 91.4 cm³/mol. The molecule has 0 saturated carbocycles. The lowest BCUT2D eigenvalue weighted by Gasteiger charge is -2.13. The van der Waals surface area contributed by atoms with Crippen LogP contribution in [0, 0.1) is 0 Å². The molecule has 0 aliphatic rings. The Morgan fingerprint density at radius 1 is 1.29 bits per heavy atom. The summed E-state index contributed by atoms with van der Waals surface area (Å²) in [4.78, 5) is 11.2. The van der Waals surface area contributed by atoms with Crippen molar-refractivity contribution in [2.75, 3.05) is 0 Å². The van der Waals surface area contributed by atoms with Crippen molar-refractivity contribution in [1.82, 2.24) is 5.16 Å². The highest BCUT2D eigenvalue weighted by atomic mass is 35.5. The third-order valence-electron chi connectivity index (χ3n) is 3.67. The molecule has 1 atom stereocenters. The minimum Gasteiger partial charge on any atom is -0.479 e. The second-order valence-corrected chi connectivity index (χ2v) is 5.87. The summed E-state index contributed by atoms with van der Waals surface area (Å²) in [6.07, 6.45) is 0.299. The van der Waals surface area contributed by atoms with Crippen LogP contribution in [0.4, 0.5) is 0 Å². The van der Waals surface area contributed by atoms with E-state index in [-0.39, 0.29) is 0 Å². The van der Waals surface area contributed by atoms with E-state index >= 15 is 0 Å². The first-order valence-electron chi connectivity index (χ1n) is 7.63. The quantitative estimate of drug-likeness (QED) is 0.696. The molecule has 2 aromatic carbocycles. The summed E-state index contributed by atoms with van der Waals surface area (Å²) in [5, 5.41) is 14.8. The van der Waals surface area contributed by atoms with Gasteiger partial charge < -0.3 is 14.4 Å². The molecule has 124 valence electrons. The van der Waals surface area contributed by atoms with Crippen molar-refractivity contribution in [3.8, 4) is 17.0 Å². The summed E-state index contributed by atoms with van der Waals surface area (Å²) < 4.78 is 10.9. The Hall–Kier alpha value is -2.53. The third kappa shape index (κ3) is 3.36. The fourth-order valence-corrected chi connectivity index (χ4v) is 2.59. The van der Waals surface area contributed by atoms with Gasteiger partial charge in [0.1, 0.15) is 11.4 Å². The summed E-state index contributed by atoms with van der Waals surface area (Å²) >= 11 is 5.90. The standard InChI is InChI=1S/C18H16ClNO4/c1-2-3-15(18(21)22)23-13-8-9-14-16(10-13)24-20-17(14)11-4-6-12(19)7-5-11/h4-10,15H,2-3H2,1H3,(H,21,22). The first-order chi connectivity index (χ1) is 11.6. The van der Waals surface area contributed by atoms with Crippen LogP contribution < -0.4 is 4.74 Å². The molecule has 3 rings (SSSR count). The van der Waals surface area contributed by atoms with E-state index in [4.69, 9.17) is 20.9 Å². The van der Waals surface area contributed by atoms with Gasteiger partial charge in [-0.15, -0.1) is 0 Å². The molecule has 1 heterocycles. The van der Waals surface area contributed by atoms with Crippen molar-refractivity contribution in [3.63, 3.8) is 0 Å². The third-order valence-corrected chi connectivity index (χ3v) is 3.92. The van der Waals surface area contributed by atoms with Gasteiger partial charge in [-0.1, -0.05) is 42.2 Å². The van der Waals surface area contributed by atoms with Crippen molar-refractivity contribution >= 4 is 28.5 Å². The van der Waals surface area contributed by atoms with Crippen LogP contribution in [0.3, 0.4) is 0 Å². The van der Waals surface area contributed by atoms with E-state index in [1.807, 2.05) is 25.1 Å². The minimum atomic E-state index is -0.976. The number of carbonyl (C=O) groups is 1. The number of benzene rings is 2. The highest BCUT2D eigenvalue weighted by Gasteiger charge is 2.19. The number of hydrogen-bond acceptors (Lipinski definition) is 4. The van der Waals surface area contributed by atoms with Crippen LogP contribution >= 0.6 is 11.6 Å². The normalized spacial score (nSPS) is 12.2. The van der Waals surface area contributed by atoms with E-state index in [0.29, 0.717) is 28.5 Å². The lowest BCUT2D eigenvalue weighted by Crippen LogP contribution is -2.26. The van der Waals surface area contributed by atoms with Gasteiger partial charge in [-0.25, -0.2) is 4.79 Å². The number of ether oxygens (including phenoxy) is 1. The van der Waals surface area contributed by atoms with Crippen LogP contribution in [-0.2, 0) is 4.79 Å². The first kappa shape index (κ1) is 16.3. The molecule has 0 aliphatic carbocycles. The molecule has 1 N–H and O–H groups in total. The fourth-order valence-electron chi connectivity index (χ4n) is 2.47. The van der Waals surface area contributed by atoms with E-state index in [2.05, 4.69) is 5.16 Å². The molecular formula is C18H16ClNO4. The second-order valence-electron chi connectivity index (χ2n) is 5.43. The molecule has 0 radical (unpaired) electrons. The maximum absolute atomic E-state index is 11.2. The van der Waals surface area contributed by atoms with Crippen molar-refractivity contribution in [1.29, 1.82) is 0 Å². The number of rotatable bonds is 6. The molecule has 0 bridgehead atoms. The zero-order valence-electron chi connectivity index (χ0n) is 13.0. The number of carboxylic acids is 1. The average molecular weight is 346 g/mol. The van der Waals surface area contributed by atoms with E-state index < -0.39 is 12.1 Å². The van der Waals surface area contributed by atoms with E-state index in [0.717, 1.165) is 17.4 Å². The SMILES string of the molecule is CCCC(Oc1ccc2c(-c3ccc(Cl)cc3)noc2c1)C(=O)O. The smallest absolute Gasteiger partial charge is 0.344 e. The van der Waals surface area contributed by atoms with Crippen LogP contribution in [0.15, 0.2) is 47.0 Å². The van der Waals surface area contributed by atoms with Gasteiger partial charge in [-0.2, -0.15) is 0 Å². The topological polar surface area (TPSA) is 72.6 Å². The molecule has 1 unspecified atom stereocenters. The molecule has 3 aromatic rings. The lowest BCUT2D eigenvalue weighted by atomic mass is 10.1. The molecular weight excluding hydrogens is 330 g/mol. The Balaban J connectivity index is 1.90. The van der Waals surface area contributed by atoms with Crippen LogP contribution in [0.25, 0.3) is 22.2 Å². The highest BCUT2D eigenvalue weighted by molar-refractivity contribution is 6.30. The van der Waals surface area contributed by atoms with Crippen LogP contribution in [0.5, 0.6) is 5.75 Å². The molecule has 6 heteroatoms. The molecule has 1 aromatic heterocycles. The summed E-state index contributed by atoms with van der Waals surface area (Å²) in [6, 6.07) is 12.5.